The molecule has 0 radical (unpaired) electrons. The van der Waals surface area contributed by atoms with Crippen LogP contribution in [-0.2, 0) is 4.79 Å². The zero-order chi connectivity index (χ0) is 25.1. The molecule has 6 nitrogen and oxygen atoms in total. The number of para-hydroxylation sites is 1. The third-order valence-electron chi connectivity index (χ3n) is 5.62. The van der Waals surface area contributed by atoms with Gasteiger partial charge in [0.25, 0.3) is 0 Å². The van der Waals surface area contributed by atoms with Crippen molar-refractivity contribution in [3.05, 3.63) is 81.8 Å². The van der Waals surface area contributed by atoms with E-state index in [-0.39, 0.29) is 17.4 Å². The van der Waals surface area contributed by atoms with Crippen molar-refractivity contribution in [3.8, 4) is 22.8 Å². The summed E-state index contributed by atoms with van der Waals surface area (Å²) in [5, 5.41) is 23.0. The second-order valence-corrected chi connectivity index (χ2v) is 10.5. The molecule has 0 aliphatic rings. The lowest BCUT2D eigenvalue weighted by atomic mass is 10.0. The molecular weight excluding hydrogens is 524 g/mol. The number of hydrogen-bond donors (Lipinski definition) is 2. The molecule has 1 amide bonds. The summed E-state index contributed by atoms with van der Waals surface area (Å²) >= 11 is 4.78. The van der Waals surface area contributed by atoms with Crippen molar-refractivity contribution in [2.24, 2.45) is 0 Å². The number of nitrogens with zero attached hydrogens (tertiary/aromatic N) is 3. The summed E-state index contributed by atoms with van der Waals surface area (Å²) < 4.78 is 2.72. The monoisotopic (exact) mass is 550 g/mol. The fourth-order valence-electron chi connectivity index (χ4n) is 3.93. The lowest BCUT2D eigenvalue weighted by molar-refractivity contribution is -0.113. The van der Waals surface area contributed by atoms with Gasteiger partial charge in [0.05, 0.1) is 17.0 Å². The number of carbonyl (C=O) groups excluding carboxylic acids is 1. The molecule has 0 spiro atoms. The van der Waals surface area contributed by atoms with E-state index in [1.54, 1.807) is 12.1 Å². The lowest BCUT2D eigenvalue weighted by Gasteiger charge is -2.15. The summed E-state index contributed by atoms with van der Waals surface area (Å²) in [5.41, 5.74) is 5.54. The van der Waals surface area contributed by atoms with E-state index in [1.807, 2.05) is 60.9 Å². The second kappa shape index (κ2) is 10.7. The average molecular weight is 552 g/mol. The Morgan fingerprint density at radius 2 is 1.86 bits per heavy atom. The van der Waals surface area contributed by atoms with E-state index in [2.05, 4.69) is 51.4 Å². The maximum absolute atomic E-state index is 12.9. The number of carbonyl (C=O) groups is 1. The zero-order valence-electron chi connectivity index (χ0n) is 20.0. The van der Waals surface area contributed by atoms with Crippen LogP contribution in [0.2, 0.25) is 0 Å². The van der Waals surface area contributed by atoms with E-state index >= 15 is 0 Å². The van der Waals surface area contributed by atoms with Crippen LogP contribution in [0.5, 0.6) is 5.75 Å². The number of hydrogen-bond acceptors (Lipinski definition) is 5. The molecule has 0 aliphatic carbocycles. The molecule has 4 aromatic rings. The fourth-order valence-corrected chi connectivity index (χ4v) is 5.04. The van der Waals surface area contributed by atoms with Crippen molar-refractivity contribution in [2.75, 3.05) is 11.1 Å². The minimum absolute atomic E-state index is 0.103. The van der Waals surface area contributed by atoms with Gasteiger partial charge in [-0.25, -0.2) is 0 Å². The number of aromatic nitrogens is 3. The standard InChI is InChI=1S/C27H27BrN4O2S/c1-16(2)20-7-5-6-8-22(20)29-25(34)15-35-27-31-30-26(21-14-19(28)10-12-24(21)33)32(27)23-11-9-17(3)13-18(23)4/h5-14,16,33H,15H2,1-4H3,(H,29,34). The molecule has 0 saturated carbocycles. The van der Waals surface area contributed by atoms with Crippen molar-refractivity contribution < 1.29 is 9.90 Å². The highest BCUT2D eigenvalue weighted by atomic mass is 79.9. The number of aromatic hydroxyl groups is 1. The van der Waals surface area contributed by atoms with E-state index in [0.717, 1.165) is 32.5 Å². The van der Waals surface area contributed by atoms with Crippen LogP contribution in [0, 0.1) is 13.8 Å². The number of anilines is 1. The number of phenols is 1. The number of amides is 1. The Hall–Kier alpha value is -3.10. The smallest absolute Gasteiger partial charge is 0.234 e. The van der Waals surface area contributed by atoms with Gasteiger partial charge in [0.1, 0.15) is 5.75 Å². The molecule has 2 N–H and O–H groups in total. The quantitative estimate of drug-likeness (QED) is 0.245. The van der Waals surface area contributed by atoms with Gasteiger partial charge in [-0.15, -0.1) is 10.2 Å². The number of rotatable bonds is 7. The molecule has 4 rings (SSSR count). The Balaban J connectivity index is 1.67. The minimum Gasteiger partial charge on any atom is -0.507 e. The number of aryl methyl sites for hydroxylation is 2. The summed E-state index contributed by atoms with van der Waals surface area (Å²) in [5.74, 6) is 0.951. The molecular formula is C27H27BrN4O2S. The molecule has 1 aromatic heterocycles. The largest absolute Gasteiger partial charge is 0.507 e. The van der Waals surface area contributed by atoms with E-state index in [4.69, 9.17) is 0 Å². The fraction of sp³-hybridized carbons (Fsp3) is 0.222. The Morgan fingerprint density at radius 3 is 2.60 bits per heavy atom. The van der Waals surface area contributed by atoms with Crippen molar-refractivity contribution in [1.29, 1.82) is 0 Å². The third-order valence-corrected chi connectivity index (χ3v) is 7.04. The molecule has 0 saturated heterocycles. The van der Waals surface area contributed by atoms with Gasteiger partial charge in [-0.2, -0.15) is 0 Å². The first kappa shape index (κ1) is 25.0. The number of phenolic OH excluding ortho intramolecular Hbond substituents is 1. The molecule has 0 unspecified atom stereocenters. The Morgan fingerprint density at radius 1 is 1.09 bits per heavy atom. The molecule has 0 bridgehead atoms. The molecule has 0 aliphatic heterocycles. The van der Waals surface area contributed by atoms with Gasteiger partial charge in [0, 0.05) is 10.2 Å². The summed E-state index contributed by atoms with van der Waals surface area (Å²) in [7, 11) is 0. The molecule has 35 heavy (non-hydrogen) atoms. The Bertz CT molecular complexity index is 1380. The van der Waals surface area contributed by atoms with Gasteiger partial charge < -0.3 is 10.4 Å². The van der Waals surface area contributed by atoms with Crippen LogP contribution >= 0.6 is 27.7 Å². The van der Waals surface area contributed by atoms with Crippen molar-refractivity contribution in [1.82, 2.24) is 14.8 Å². The first-order valence-electron chi connectivity index (χ1n) is 11.3. The molecule has 180 valence electrons. The van der Waals surface area contributed by atoms with E-state index < -0.39 is 0 Å². The van der Waals surface area contributed by atoms with Gasteiger partial charge in [-0.05, 0) is 61.2 Å². The van der Waals surface area contributed by atoms with Crippen LogP contribution < -0.4 is 5.32 Å². The Kier molecular flexibility index (Phi) is 7.62. The molecule has 0 fully saturated rings. The van der Waals surface area contributed by atoms with Crippen LogP contribution in [0.1, 0.15) is 36.5 Å². The molecule has 1 heterocycles. The van der Waals surface area contributed by atoms with E-state index in [9.17, 15) is 9.90 Å². The minimum atomic E-state index is -0.120. The highest BCUT2D eigenvalue weighted by Gasteiger charge is 2.21. The maximum atomic E-state index is 12.9. The van der Waals surface area contributed by atoms with Gasteiger partial charge in [0.15, 0.2) is 11.0 Å². The molecule has 0 atom stereocenters. The predicted molar refractivity (Wildman–Crippen MR) is 146 cm³/mol. The Labute approximate surface area is 217 Å². The van der Waals surface area contributed by atoms with Crippen LogP contribution in [0.3, 0.4) is 0 Å². The lowest BCUT2D eigenvalue weighted by Crippen LogP contribution is -2.16. The van der Waals surface area contributed by atoms with Gasteiger partial charge in [-0.3, -0.25) is 9.36 Å². The SMILES string of the molecule is Cc1ccc(-n2c(SCC(=O)Nc3ccccc3C(C)C)nnc2-c2cc(Br)ccc2O)c(C)c1. The first-order chi connectivity index (χ1) is 16.7. The topological polar surface area (TPSA) is 80.0 Å². The highest BCUT2D eigenvalue weighted by Crippen LogP contribution is 2.35. The predicted octanol–water partition coefficient (Wildman–Crippen LogP) is 6.87. The van der Waals surface area contributed by atoms with E-state index in [1.165, 1.54) is 11.8 Å². The summed E-state index contributed by atoms with van der Waals surface area (Å²) in [4.78, 5) is 12.9. The normalized spacial score (nSPS) is 11.1. The van der Waals surface area contributed by atoms with Crippen LogP contribution in [0.15, 0.2) is 70.3 Å². The van der Waals surface area contributed by atoms with Crippen LogP contribution in [0.4, 0.5) is 5.69 Å². The molecule has 3 aromatic carbocycles. The summed E-state index contributed by atoms with van der Waals surface area (Å²) in [6.07, 6.45) is 0. The third kappa shape index (κ3) is 5.60. The number of benzene rings is 3. The van der Waals surface area contributed by atoms with Gasteiger partial charge in [0.2, 0.25) is 5.91 Å². The average Bonchev–Trinajstić information content (AvgIpc) is 3.23. The number of nitrogens with one attached hydrogen (secondary N) is 1. The molecule has 8 heteroatoms. The van der Waals surface area contributed by atoms with E-state index in [0.29, 0.717) is 22.5 Å². The maximum Gasteiger partial charge on any atom is 0.234 e. The zero-order valence-corrected chi connectivity index (χ0v) is 22.4. The van der Waals surface area contributed by atoms with Gasteiger partial charge in [-0.1, -0.05) is 77.4 Å². The van der Waals surface area contributed by atoms with Crippen LogP contribution in [0.25, 0.3) is 17.1 Å². The number of thioether (sulfide) groups is 1. The number of halogens is 1. The summed E-state index contributed by atoms with van der Waals surface area (Å²) in [6.45, 7) is 8.27. The van der Waals surface area contributed by atoms with Gasteiger partial charge >= 0.3 is 0 Å². The van der Waals surface area contributed by atoms with Crippen LogP contribution in [-0.4, -0.2) is 31.5 Å². The highest BCUT2D eigenvalue weighted by molar-refractivity contribution is 9.10. The van der Waals surface area contributed by atoms with Crippen molar-refractivity contribution in [2.45, 2.75) is 38.8 Å². The first-order valence-corrected chi connectivity index (χ1v) is 13.1. The van der Waals surface area contributed by atoms with Crippen molar-refractivity contribution >= 4 is 39.3 Å². The summed E-state index contributed by atoms with van der Waals surface area (Å²) in [6, 6.07) is 19.2. The second-order valence-electron chi connectivity index (χ2n) is 8.67. The van der Waals surface area contributed by atoms with Crippen molar-refractivity contribution in [3.63, 3.8) is 0 Å².